The van der Waals surface area contributed by atoms with Crippen LogP contribution in [0.3, 0.4) is 0 Å². The van der Waals surface area contributed by atoms with E-state index in [-0.39, 0.29) is 6.61 Å². The van der Waals surface area contributed by atoms with Crippen LogP contribution in [-0.2, 0) is 4.74 Å². The van der Waals surface area contributed by atoms with E-state index in [1.807, 2.05) is 0 Å². The number of nitrogens with zero attached hydrogens (tertiary/aromatic N) is 3. The lowest BCUT2D eigenvalue weighted by Crippen LogP contribution is -2.32. The first-order valence-corrected chi connectivity index (χ1v) is 5.49. The van der Waals surface area contributed by atoms with Gasteiger partial charge in [0.1, 0.15) is 42.1 Å². The number of aliphatic hydroxyl groups is 3. The Bertz CT molecular complexity index is 527. The zero-order valence-corrected chi connectivity index (χ0v) is 9.26. The van der Waals surface area contributed by atoms with Crippen LogP contribution in [0.5, 0.6) is 0 Å². The number of rotatable bonds is 2. The SMILES string of the molecule is OC[C@H]1OC(c2nc3ncncc3[nH]2)[C@@H](O)[C@@H]1O. The molecule has 2 aromatic rings. The number of ether oxygens (including phenoxy) is 1. The third-order valence-corrected chi connectivity index (χ3v) is 2.99. The minimum Gasteiger partial charge on any atom is -0.394 e. The lowest BCUT2D eigenvalue weighted by Gasteiger charge is -2.11. The molecule has 96 valence electrons. The first-order chi connectivity index (χ1) is 8.70. The largest absolute Gasteiger partial charge is 0.394 e. The lowest BCUT2D eigenvalue weighted by molar-refractivity contribution is -0.0249. The number of hydrogen-bond donors (Lipinski definition) is 4. The molecule has 1 aliphatic rings. The highest BCUT2D eigenvalue weighted by atomic mass is 16.6. The smallest absolute Gasteiger partial charge is 0.180 e. The van der Waals surface area contributed by atoms with E-state index in [9.17, 15) is 10.2 Å². The Labute approximate surface area is 101 Å². The fraction of sp³-hybridized carbons (Fsp3) is 0.500. The van der Waals surface area contributed by atoms with E-state index in [0.29, 0.717) is 17.0 Å². The van der Waals surface area contributed by atoms with Crippen molar-refractivity contribution in [2.24, 2.45) is 0 Å². The van der Waals surface area contributed by atoms with Gasteiger partial charge in [-0.1, -0.05) is 0 Å². The van der Waals surface area contributed by atoms with Crippen molar-refractivity contribution < 1.29 is 20.1 Å². The molecule has 0 radical (unpaired) electrons. The molecule has 0 bridgehead atoms. The number of aliphatic hydroxyl groups excluding tert-OH is 3. The third kappa shape index (κ3) is 1.66. The normalized spacial score (nSPS) is 32.2. The topological polar surface area (TPSA) is 124 Å². The van der Waals surface area contributed by atoms with Gasteiger partial charge in [0.2, 0.25) is 0 Å². The maximum atomic E-state index is 9.86. The predicted octanol–water partition coefficient (Wildman–Crippen LogP) is -1.49. The highest BCUT2D eigenvalue weighted by Crippen LogP contribution is 2.32. The van der Waals surface area contributed by atoms with Crippen molar-refractivity contribution in [2.75, 3.05) is 6.61 Å². The summed E-state index contributed by atoms with van der Waals surface area (Å²) in [4.78, 5) is 14.9. The van der Waals surface area contributed by atoms with Gasteiger partial charge in [0, 0.05) is 0 Å². The van der Waals surface area contributed by atoms with Gasteiger partial charge in [-0.2, -0.15) is 0 Å². The average Bonchev–Trinajstić information content (AvgIpc) is 2.92. The number of imidazole rings is 1. The summed E-state index contributed by atoms with van der Waals surface area (Å²) in [5, 5.41) is 28.5. The molecule has 0 spiro atoms. The summed E-state index contributed by atoms with van der Waals surface area (Å²) in [7, 11) is 0. The summed E-state index contributed by atoms with van der Waals surface area (Å²) in [6.45, 7) is -0.366. The first-order valence-electron chi connectivity index (χ1n) is 5.49. The summed E-state index contributed by atoms with van der Waals surface area (Å²) in [5.74, 6) is 0.355. The Kier molecular flexibility index (Phi) is 2.71. The molecule has 3 rings (SSSR count). The minimum absolute atomic E-state index is 0.355. The van der Waals surface area contributed by atoms with Crippen LogP contribution in [0.2, 0.25) is 0 Å². The van der Waals surface area contributed by atoms with Crippen molar-refractivity contribution >= 4 is 11.2 Å². The number of H-pyrrole nitrogens is 1. The molecular weight excluding hydrogens is 240 g/mol. The fourth-order valence-corrected chi connectivity index (χ4v) is 2.04. The predicted molar refractivity (Wildman–Crippen MR) is 58.4 cm³/mol. The molecule has 4 atom stereocenters. The molecule has 18 heavy (non-hydrogen) atoms. The minimum atomic E-state index is -1.14. The molecule has 1 aliphatic heterocycles. The van der Waals surface area contributed by atoms with E-state index >= 15 is 0 Å². The van der Waals surface area contributed by atoms with Crippen molar-refractivity contribution in [3.63, 3.8) is 0 Å². The van der Waals surface area contributed by atoms with Gasteiger partial charge in [0.05, 0.1) is 12.8 Å². The van der Waals surface area contributed by atoms with Crippen molar-refractivity contribution in [3.8, 4) is 0 Å². The van der Waals surface area contributed by atoms with Crippen molar-refractivity contribution in [3.05, 3.63) is 18.3 Å². The molecule has 1 fully saturated rings. The zero-order valence-electron chi connectivity index (χ0n) is 9.26. The van der Waals surface area contributed by atoms with E-state index in [1.165, 1.54) is 6.33 Å². The van der Waals surface area contributed by atoms with Gasteiger partial charge in [0.15, 0.2) is 5.65 Å². The van der Waals surface area contributed by atoms with Gasteiger partial charge in [0.25, 0.3) is 0 Å². The first kappa shape index (κ1) is 11.5. The maximum absolute atomic E-state index is 9.86. The standard InChI is InChI=1S/C10H12N4O4/c15-2-5-6(16)7(17)8(18-5)10-13-4-1-11-3-12-9(4)14-10/h1,3,5-8,15-17H,2H2,(H,11,12,13,14)/t5-,6-,7+,8?/m1/s1. The van der Waals surface area contributed by atoms with Crippen LogP contribution in [0, 0.1) is 0 Å². The fourth-order valence-electron chi connectivity index (χ4n) is 2.04. The molecule has 0 aliphatic carbocycles. The second kappa shape index (κ2) is 4.25. The number of nitrogens with one attached hydrogen (secondary N) is 1. The summed E-state index contributed by atoms with van der Waals surface area (Å²) in [5.41, 5.74) is 1.07. The molecule has 1 saturated heterocycles. The molecule has 0 aromatic carbocycles. The van der Waals surface area contributed by atoms with Crippen LogP contribution in [-0.4, -0.2) is 60.2 Å². The second-order valence-electron chi connectivity index (χ2n) is 4.14. The summed E-state index contributed by atoms with van der Waals surface area (Å²) in [6.07, 6.45) is -0.990. The van der Waals surface area contributed by atoms with Gasteiger partial charge in [-0.05, 0) is 0 Å². The summed E-state index contributed by atoms with van der Waals surface area (Å²) < 4.78 is 5.36. The van der Waals surface area contributed by atoms with Gasteiger partial charge in [-0.3, -0.25) is 0 Å². The molecule has 2 aromatic heterocycles. The van der Waals surface area contributed by atoms with Gasteiger partial charge in [-0.25, -0.2) is 15.0 Å². The Morgan fingerprint density at radius 3 is 2.83 bits per heavy atom. The van der Waals surface area contributed by atoms with Gasteiger partial charge >= 0.3 is 0 Å². The average molecular weight is 252 g/mol. The summed E-state index contributed by atoms with van der Waals surface area (Å²) in [6, 6.07) is 0. The Morgan fingerprint density at radius 1 is 1.33 bits per heavy atom. The van der Waals surface area contributed by atoms with Crippen LogP contribution < -0.4 is 0 Å². The number of fused-ring (bicyclic) bond motifs is 1. The van der Waals surface area contributed by atoms with Crippen LogP contribution in [0.4, 0.5) is 0 Å². The molecule has 1 unspecified atom stereocenters. The molecule has 8 heteroatoms. The highest BCUT2D eigenvalue weighted by molar-refractivity contribution is 5.68. The van der Waals surface area contributed by atoms with Crippen molar-refractivity contribution in [1.29, 1.82) is 0 Å². The van der Waals surface area contributed by atoms with E-state index in [2.05, 4.69) is 19.9 Å². The van der Waals surface area contributed by atoms with Gasteiger partial charge in [-0.15, -0.1) is 0 Å². The van der Waals surface area contributed by atoms with E-state index < -0.39 is 24.4 Å². The molecular formula is C10H12N4O4. The van der Waals surface area contributed by atoms with E-state index in [4.69, 9.17) is 9.84 Å². The molecule has 0 amide bonds. The monoisotopic (exact) mass is 252 g/mol. The quantitative estimate of drug-likeness (QED) is 0.513. The Hall–Kier alpha value is -1.61. The lowest BCUT2D eigenvalue weighted by atomic mass is 10.1. The van der Waals surface area contributed by atoms with Crippen LogP contribution >= 0.6 is 0 Å². The van der Waals surface area contributed by atoms with Crippen LogP contribution in [0.25, 0.3) is 11.2 Å². The van der Waals surface area contributed by atoms with E-state index in [1.54, 1.807) is 6.20 Å². The third-order valence-electron chi connectivity index (χ3n) is 2.99. The molecule has 3 heterocycles. The highest BCUT2D eigenvalue weighted by Gasteiger charge is 2.44. The zero-order chi connectivity index (χ0) is 12.7. The van der Waals surface area contributed by atoms with Crippen LogP contribution in [0.15, 0.2) is 12.5 Å². The summed E-state index contributed by atoms with van der Waals surface area (Å²) >= 11 is 0. The van der Waals surface area contributed by atoms with Crippen molar-refractivity contribution in [1.82, 2.24) is 19.9 Å². The number of aromatic amines is 1. The van der Waals surface area contributed by atoms with Crippen molar-refractivity contribution in [2.45, 2.75) is 24.4 Å². The Morgan fingerprint density at radius 2 is 2.17 bits per heavy atom. The van der Waals surface area contributed by atoms with Crippen LogP contribution in [0.1, 0.15) is 11.9 Å². The molecule has 8 nitrogen and oxygen atoms in total. The second-order valence-corrected chi connectivity index (χ2v) is 4.14. The van der Waals surface area contributed by atoms with Gasteiger partial charge < -0.3 is 25.0 Å². The Balaban J connectivity index is 1.95. The number of hydrogen-bond acceptors (Lipinski definition) is 7. The number of aromatic nitrogens is 4. The van der Waals surface area contributed by atoms with E-state index in [0.717, 1.165) is 0 Å². The molecule has 0 saturated carbocycles. The molecule has 4 N–H and O–H groups in total. The maximum Gasteiger partial charge on any atom is 0.180 e.